The summed E-state index contributed by atoms with van der Waals surface area (Å²) in [5, 5.41) is 15.0. The number of hydrogen-bond acceptors (Lipinski definition) is 6. The molecule has 0 aliphatic carbocycles. The lowest BCUT2D eigenvalue weighted by atomic mass is 10.2. The quantitative estimate of drug-likeness (QED) is 0.743. The third kappa shape index (κ3) is 3.27. The lowest BCUT2D eigenvalue weighted by molar-refractivity contribution is -0.120. The van der Waals surface area contributed by atoms with E-state index in [4.69, 9.17) is 4.52 Å². The lowest BCUT2D eigenvalue weighted by Gasteiger charge is -2.02. The Kier molecular flexibility index (Phi) is 4.54. The summed E-state index contributed by atoms with van der Waals surface area (Å²) in [5.41, 5.74) is 1.41. The Bertz CT molecular complexity index is 851. The highest BCUT2D eigenvalue weighted by Gasteiger charge is 2.14. The van der Waals surface area contributed by atoms with Crippen LogP contribution in [0.5, 0.6) is 0 Å². The van der Waals surface area contributed by atoms with E-state index in [0.29, 0.717) is 29.7 Å². The van der Waals surface area contributed by atoms with Crippen LogP contribution < -0.4 is 5.32 Å². The third-order valence-electron chi connectivity index (χ3n) is 3.58. The van der Waals surface area contributed by atoms with Crippen LogP contribution in [0.2, 0.25) is 0 Å². The first kappa shape index (κ1) is 16.1. The second-order valence-corrected chi connectivity index (χ2v) is 5.90. The van der Waals surface area contributed by atoms with Gasteiger partial charge in [-0.05, 0) is 18.6 Å². The van der Waals surface area contributed by atoms with Gasteiger partial charge in [-0.3, -0.25) is 9.20 Å². The topological polar surface area (TPSA) is 98.2 Å². The molecule has 1 N–H and O–H groups in total. The Morgan fingerprint density at radius 2 is 2.21 bits per heavy atom. The predicted molar refractivity (Wildman–Crippen MR) is 87.4 cm³/mol. The van der Waals surface area contributed by atoms with E-state index in [1.807, 2.05) is 39.1 Å². The average molecular weight is 328 g/mol. The van der Waals surface area contributed by atoms with Crippen LogP contribution in [-0.2, 0) is 11.2 Å². The second kappa shape index (κ2) is 6.77. The monoisotopic (exact) mass is 328 g/mol. The number of nitrogens with one attached hydrogen (secondary N) is 1. The van der Waals surface area contributed by atoms with Gasteiger partial charge >= 0.3 is 0 Å². The van der Waals surface area contributed by atoms with Gasteiger partial charge in [-0.25, -0.2) is 0 Å². The molecule has 0 aliphatic rings. The zero-order chi connectivity index (χ0) is 17.1. The summed E-state index contributed by atoms with van der Waals surface area (Å²) < 4.78 is 7.08. The summed E-state index contributed by atoms with van der Waals surface area (Å²) in [4.78, 5) is 16.2. The fourth-order valence-corrected chi connectivity index (χ4v) is 2.25. The number of fused-ring (bicyclic) bond motifs is 1. The molecule has 0 fully saturated rings. The van der Waals surface area contributed by atoms with E-state index >= 15 is 0 Å². The molecular weight excluding hydrogens is 308 g/mol. The maximum atomic E-state index is 11.8. The molecule has 3 heterocycles. The maximum Gasteiger partial charge on any atom is 0.258 e. The molecule has 3 aromatic heterocycles. The molecule has 0 aliphatic heterocycles. The lowest BCUT2D eigenvalue weighted by Crippen LogP contribution is -2.26. The molecule has 0 spiro atoms. The number of amides is 1. The molecule has 0 bridgehead atoms. The molecule has 0 unspecified atom stereocenters. The van der Waals surface area contributed by atoms with Crippen molar-refractivity contribution >= 4 is 11.6 Å². The minimum absolute atomic E-state index is 0.0614. The smallest absolute Gasteiger partial charge is 0.258 e. The standard InChI is InChI=1S/C16H20N6O2/c1-4-6-17-14(23)9-13-20-19-12-8-11(5-7-22(12)13)16-18-15(10(2)3)21-24-16/h5,7-8,10H,4,6,9H2,1-3H3,(H,17,23). The van der Waals surface area contributed by atoms with E-state index < -0.39 is 0 Å². The van der Waals surface area contributed by atoms with Gasteiger partial charge in [0.2, 0.25) is 5.91 Å². The van der Waals surface area contributed by atoms with Crippen molar-refractivity contribution < 1.29 is 9.32 Å². The van der Waals surface area contributed by atoms with Gasteiger partial charge in [-0.15, -0.1) is 10.2 Å². The third-order valence-corrected chi connectivity index (χ3v) is 3.58. The zero-order valence-electron chi connectivity index (χ0n) is 14.0. The van der Waals surface area contributed by atoms with E-state index in [9.17, 15) is 4.79 Å². The van der Waals surface area contributed by atoms with Crippen molar-refractivity contribution in [1.82, 2.24) is 30.1 Å². The molecule has 8 heteroatoms. The predicted octanol–water partition coefficient (Wildman–Crippen LogP) is 1.97. The molecule has 1 amide bonds. The van der Waals surface area contributed by atoms with E-state index in [2.05, 4.69) is 25.7 Å². The number of aromatic nitrogens is 5. The Morgan fingerprint density at radius 1 is 1.38 bits per heavy atom. The second-order valence-electron chi connectivity index (χ2n) is 5.90. The fraction of sp³-hybridized carbons (Fsp3) is 0.438. The molecule has 8 nitrogen and oxygen atoms in total. The van der Waals surface area contributed by atoms with Crippen molar-refractivity contribution in [1.29, 1.82) is 0 Å². The Hall–Kier alpha value is -2.77. The fourth-order valence-electron chi connectivity index (χ4n) is 2.25. The van der Waals surface area contributed by atoms with Gasteiger partial charge in [-0.1, -0.05) is 25.9 Å². The number of rotatable bonds is 6. The van der Waals surface area contributed by atoms with Crippen molar-refractivity contribution in [2.45, 2.75) is 39.5 Å². The van der Waals surface area contributed by atoms with Crippen LogP contribution in [0.25, 0.3) is 17.1 Å². The van der Waals surface area contributed by atoms with Gasteiger partial charge in [0.15, 0.2) is 11.5 Å². The molecule has 3 rings (SSSR count). The van der Waals surface area contributed by atoms with Crippen LogP contribution in [0.3, 0.4) is 0 Å². The van der Waals surface area contributed by atoms with Crippen LogP contribution in [0.15, 0.2) is 22.9 Å². The molecule has 0 saturated carbocycles. The van der Waals surface area contributed by atoms with Gasteiger partial charge in [0.05, 0.1) is 6.42 Å². The maximum absolute atomic E-state index is 11.8. The molecule has 126 valence electrons. The Morgan fingerprint density at radius 3 is 2.92 bits per heavy atom. The zero-order valence-corrected chi connectivity index (χ0v) is 14.0. The van der Waals surface area contributed by atoms with E-state index in [1.54, 1.807) is 4.40 Å². The number of pyridine rings is 1. The number of carbonyl (C=O) groups is 1. The SMILES string of the molecule is CCCNC(=O)Cc1nnc2cc(-c3nc(C(C)C)no3)ccn12. The Labute approximate surface area is 139 Å². The van der Waals surface area contributed by atoms with Crippen LogP contribution in [-0.4, -0.2) is 37.2 Å². The molecule has 3 aromatic rings. The summed E-state index contributed by atoms with van der Waals surface area (Å²) in [6.07, 6.45) is 2.91. The van der Waals surface area contributed by atoms with Crippen LogP contribution >= 0.6 is 0 Å². The molecule has 0 radical (unpaired) electrons. The van der Waals surface area contributed by atoms with Crippen molar-refractivity contribution in [3.05, 3.63) is 30.0 Å². The van der Waals surface area contributed by atoms with E-state index in [-0.39, 0.29) is 18.2 Å². The summed E-state index contributed by atoms with van der Waals surface area (Å²) >= 11 is 0. The highest BCUT2D eigenvalue weighted by atomic mass is 16.5. The highest BCUT2D eigenvalue weighted by Crippen LogP contribution is 2.21. The Balaban J connectivity index is 1.83. The van der Waals surface area contributed by atoms with Gasteiger partial charge < -0.3 is 9.84 Å². The van der Waals surface area contributed by atoms with Crippen molar-refractivity contribution in [3.8, 4) is 11.5 Å². The summed E-state index contributed by atoms with van der Waals surface area (Å²) in [6.45, 7) is 6.68. The first-order valence-corrected chi connectivity index (χ1v) is 8.02. The summed E-state index contributed by atoms with van der Waals surface area (Å²) in [5.74, 6) is 1.85. The first-order valence-electron chi connectivity index (χ1n) is 8.02. The van der Waals surface area contributed by atoms with Gasteiger partial charge in [-0.2, -0.15) is 4.98 Å². The number of carbonyl (C=O) groups excluding carboxylic acids is 1. The molecule has 0 aromatic carbocycles. The van der Waals surface area contributed by atoms with Crippen LogP contribution in [0, 0.1) is 0 Å². The highest BCUT2D eigenvalue weighted by molar-refractivity contribution is 5.78. The first-order chi connectivity index (χ1) is 11.6. The van der Waals surface area contributed by atoms with Gasteiger partial charge in [0.25, 0.3) is 5.89 Å². The van der Waals surface area contributed by atoms with E-state index in [0.717, 1.165) is 12.0 Å². The largest absolute Gasteiger partial charge is 0.356 e. The minimum atomic E-state index is -0.0614. The normalized spacial score (nSPS) is 11.3. The van der Waals surface area contributed by atoms with E-state index in [1.165, 1.54) is 0 Å². The molecular formula is C16H20N6O2. The van der Waals surface area contributed by atoms with Crippen molar-refractivity contribution in [2.75, 3.05) is 6.54 Å². The van der Waals surface area contributed by atoms with Gasteiger partial charge in [0.1, 0.15) is 5.82 Å². The molecule has 0 saturated heterocycles. The van der Waals surface area contributed by atoms with Crippen molar-refractivity contribution in [2.24, 2.45) is 0 Å². The minimum Gasteiger partial charge on any atom is -0.356 e. The average Bonchev–Trinajstić information content (AvgIpc) is 3.20. The van der Waals surface area contributed by atoms with Crippen LogP contribution in [0.4, 0.5) is 0 Å². The number of nitrogens with zero attached hydrogens (tertiary/aromatic N) is 5. The summed E-state index contributed by atoms with van der Waals surface area (Å²) in [6, 6.07) is 3.67. The molecule has 0 atom stereocenters. The summed E-state index contributed by atoms with van der Waals surface area (Å²) in [7, 11) is 0. The van der Waals surface area contributed by atoms with Crippen molar-refractivity contribution in [3.63, 3.8) is 0 Å². The molecule has 24 heavy (non-hydrogen) atoms. The van der Waals surface area contributed by atoms with Gasteiger partial charge in [0, 0.05) is 24.2 Å². The van der Waals surface area contributed by atoms with Crippen LogP contribution in [0.1, 0.15) is 44.8 Å². The number of hydrogen-bond donors (Lipinski definition) is 1.